The minimum atomic E-state index is -0.391. The summed E-state index contributed by atoms with van der Waals surface area (Å²) in [6, 6.07) is 7.67. The highest BCUT2D eigenvalue weighted by Gasteiger charge is 2.16. The molecule has 0 saturated heterocycles. The average Bonchev–Trinajstić information content (AvgIpc) is 2.26. The molecule has 0 heterocycles. The fourth-order valence-electron chi connectivity index (χ4n) is 1.85. The van der Waals surface area contributed by atoms with E-state index in [1.54, 1.807) is 0 Å². The van der Waals surface area contributed by atoms with Crippen molar-refractivity contribution >= 4 is 6.03 Å². The monoisotopic (exact) mass is 278 g/mol. The molecule has 20 heavy (non-hydrogen) atoms. The summed E-state index contributed by atoms with van der Waals surface area (Å²) in [4.78, 5) is 11.8. The Bertz CT molecular complexity index is 450. The predicted octanol–water partition coefficient (Wildman–Crippen LogP) is 3.63. The average molecular weight is 278 g/mol. The Balaban J connectivity index is 2.63. The smallest absolute Gasteiger partial charge is 0.318 e. The summed E-state index contributed by atoms with van der Waals surface area (Å²) >= 11 is 0. The third-order valence-electron chi connectivity index (χ3n) is 2.67. The van der Waals surface area contributed by atoms with Crippen molar-refractivity contribution < 1.29 is 9.53 Å². The second-order valence-electron chi connectivity index (χ2n) is 6.30. The normalized spacial score (nSPS) is 12.9. The molecule has 0 aliphatic heterocycles. The van der Waals surface area contributed by atoms with Crippen LogP contribution in [0.1, 0.15) is 53.0 Å². The van der Waals surface area contributed by atoms with Crippen molar-refractivity contribution in [2.45, 2.75) is 59.2 Å². The standard InChI is InChI=1S/C16H26N2O2/c1-11(2)13-9-7-8-10-14(13)20-12(3)17-15(19)18-16(4,5)6/h7-12H,1-6H3,(H2,17,18,19). The summed E-state index contributed by atoms with van der Waals surface area (Å²) in [5.74, 6) is 1.19. The number of para-hydroxylation sites is 1. The van der Waals surface area contributed by atoms with Gasteiger partial charge in [0.1, 0.15) is 5.75 Å². The van der Waals surface area contributed by atoms with Crippen molar-refractivity contribution in [2.24, 2.45) is 0 Å². The van der Waals surface area contributed by atoms with Crippen LogP contribution >= 0.6 is 0 Å². The fraction of sp³-hybridized carbons (Fsp3) is 0.562. The Morgan fingerprint density at radius 3 is 2.30 bits per heavy atom. The van der Waals surface area contributed by atoms with Crippen molar-refractivity contribution in [3.05, 3.63) is 29.8 Å². The lowest BCUT2D eigenvalue weighted by molar-refractivity contribution is 0.171. The third-order valence-corrected chi connectivity index (χ3v) is 2.67. The van der Waals surface area contributed by atoms with Crippen LogP contribution in [-0.4, -0.2) is 17.8 Å². The van der Waals surface area contributed by atoms with Crippen LogP contribution in [0.4, 0.5) is 4.79 Å². The third kappa shape index (κ3) is 5.51. The molecule has 2 amide bonds. The number of hydrogen-bond acceptors (Lipinski definition) is 2. The lowest BCUT2D eigenvalue weighted by atomic mass is 10.0. The van der Waals surface area contributed by atoms with E-state index in [1.807, 2.05) is 52.0 Å². The van der Waals surface area contributed by atoms with Crippen LogP contribution in [0.25, 0.3) is 0 Å². The number of nitrogens with one attached hydrogen (secondary N) is 2. The largest absolute Gasteiger partial charge is 0.471 e. The quantitative estimate of drug-likeness (QED) is 0.826. The van der Waals surface area contributed by atoms with Crippen LogP contribution in [-0.2, 0) is 0 Å². The first-order valence-corrected chi connectivity index (χ1v) is 7.03. The summed E-state index contributed by atoms with van der Waals surface area (Å²) in [5.41, 5.74) is 0.872. The molecule has 1 atom stereocenters. The first-order chi connectivity index (χ1) is 9.19. The zero-order chi connectivity index (χ0) is 15.3. The Labute approximate surface area is 121 Å². The molecule has 1 unspecified atom stereocenters. The molecule has 4 heteroatoms. The van der Waals surface area contributed by atoms with E-state index in [2.05, 4.69) is 24.5 Å². The van der Waals surface area contributed by atoms with Crippen LogP contribution in [0.15, 0.2) is 24.3 Å². The molecule has 0 aliphatic carbocycles. The molecule has 0 spiro atoms. The zero-order valence-corrected chi connectivity index (χ0v) is 13.3. The molecule has 1 rings (SSSR count). The minimum Gasteiger partial charge on any atom is -0.471 e. The van der Waals surface area contributed by atoms with E-state index in [0.29, 0.717) is 5.92 Å². The molecule has 0 fully saturated rings. The minimum absolute atomic E-state index is 0.230. The van der Waals surface area contributed by atoms with Gasteiger partial charge in [0.05, 0.1) is 0 Å². The van der Waals surface area contributed by atoms with Gasteiger partial charge in [-0.2, -0.15) is 0 Å². The highest BCUT2D eigenvalue weighted by molar-refractivity contribution is 5.74. The van der Waals surface area contributed by atoms with Gasteiger partial charge in [0.25, 0.3) is 0 Å². The SMILES string of the molecule is CC(NC(=O)NC(C)(C)C)Oc1ccccc1C(C)C. The number of carbonyl (C=O) groups is 1. The fourth-order valence-corrected chi connectivity index (χ4v) is 1.85. The summed E-state index contributed by atoms with van der Waals surface area (Å²) in [5, 5.41) is 5.62. The maximum absolute atomic E-state index is 11.8. The molecule has 2 N–H and O–H groups in total. The number of rotatable bonds is 4. The van der Waals surface area contributed by atoms with Crippen molar-refractivity contribution in [3.63, 3.8) is 0 Å². The van der Waals surface area contributed by atoms with Crippen LogP contribution < -0.4 is 15.4 Å². The molecule has 0 radical (unpaired) electrons. The van der Waals surface area contributed by atoms with Crippen molar-refractivity contribution in [2.75, 3.05) is 0 Å². The van der Waals surface area contributed by atoms with Gasteiger partial charge in [0.2, 0.25) is 0 Å². The van der Waals surface area contributed by atoms with E-state index in [-0.39, 0.29) is 11.6 Å². The lowest BCUT2D eigenvalue weighted by Crippen LogP contribution is -2.50. The van der Waals surface area contributed by atoms with Crippen molar-refractivity contribution in [1.82, 2.24) is 10.6 Å². The van der Waals surface area contributed by atoms with Gasteiger partial charge in [-0.25, -0.2) is 4.79 Å². The Kier molecular flexibility index (Phi) is 5.43. The second kappa shape index (κ2) is 6.64. The van der Waals surface area contributed by atoms with Crippen LogP contribution in [0, 0.1) is 0 Å². The predicted molar refractivity (Wildman–Crippen MR) is 82.0 cm³/mol. The Hall–Kier alpha value is -1.71. The second-order valence-corrected chi connectivity index (χ2v) is 6.30. The molecular weight excluding hydrogens is 252 g/mol. The highest BCUT2D eigenvalue weighted by Crippen LogP contribution is 2.26. The molecular formula is C16H26N2O2. The summed E-state index contributed by atoms with van der Waals surface area (Å²) in [6.07, 6.45) is -0.391. The topological polar surface area (TPSA) is 50.4 Å². The number of ether oxygens (including phenoxy) is 1. The maximum Gasteiger partial charge on any atom is 0.318 e. The van der Waals surface area contributed by atoms with Gasteiger partial charge in [0.15, 0.2) is 6.23 Å². The first-order valence-electron chi connectivity index (χ1n) is 7.03. The van der Waals surface area contributed by atoms with Gasteiger partial charge >= 0.3 is 6.03 Å². The molecule has 112 valence electrons. The van der Waals surface area contributed by atoms with E-state index >= 15 is 0 Å². The van der Waals surface area contributed by atoms with Crippen LogP contribution in [0.2, 0.25) is 0 Å². The number of amides is 2. The van der Waals surface area contributed by atoms with E-state index in [9.17, 15) is 4.79 Å². The summed E-state index contributed by atoms with van der Waals surface area (Å²) in [7, 11) is 0. The molecule has 0 aliphatic rings. The Morgan fingerprint density at radius 2 is 1.75 bits per heavy atom. The molecule has 1 aromatic rings. The van der Waals surface area contributed by atoms with E-state index in [0.717, 1.165) is 11.3 Å². The van der Waals surface area contributed by atoms with Gasteiger partial charge in [-0.3, -0.25) is 0 Å². The van der Waals surface area contributed by atoms with Gasteiger partial charge in [0, 0.05) is 5.54 Å². The molecule has 0 bridgehead atoms. The first kappa shape index (κ1) is 16.3. The Morgan fingerprint density at radius 1 is 1.15 bits per heavy atom. The number of urea groups is 1. The van der Waals surface area contributed by atoms with E-state index < -0.39 is 6.23 Å². The van der Waals surface area contributed by atoms with E-state index in [4.69, 9.17) is 4.74 Å². The molecule has 4 nitrogen and oxygen atoms in total. The number of carbonyl (C=O) groups excluding carboxylic acids is 1. The summed E-state index contributed by atoms with van der Waals surface area (Å²) in [6.45, 7) is 11.9. The van der Waals surface area contributed by atoms with Crippen LogP contribution in [0.5, 0.6) is 5.75 Å². The van der Waals surface area contributed by atoms with Crippen molar-refractivity contribution in [3.8, 4) is 5.75 Å². The van der Waals surface area contributed by atoms with E-state index in [1.165, 1.54) is 0 Å². The molecule has 0 saturated carbocycles. The lowest BCUT2D eigenvalue weighted by Gasteiger charge is -2.24. The van der Waals surface area contributed by atoms with Crippen molar-refractivity contribution in [1.29, 1.82) is 0 Å². The molecule has 0 aromatic heterocycles. The van der Waals surface area contributed by atoms with Gasteiger partial charge < -0.3 is 15.4 Å². The highest BCUT2D eigenvalue weighted by atomic mass is 16.5. The number of benzene rings is 1. The maximum atomic E-state index is 11.8. The van der Waals surface area contributed by atoms with Crippen LogP contribution in [0.3, 0.4) is 0 Å². The summed E-state index contributed by atoms with van der Waals surface area (Å²) < 4.78 is 5.82. The number of hydrogen-bond donors (Lipinski definition) is 2. The van der Waals surface area contributed by atoms with Gasteiger partial charge in [-0.1, -0.05) is 32.0 Å². The van der Waals surface area contributed by atoms with Gasteiger partial charge in [-0.15, -0.1) is 0 Å². The molecule has 1 aromatic carbocycles. The van der Waals surface area contributed by atoms with Gasteiger partial charge in [-0.05, 0) is 45.2 Å². The zero-order valence-electron chi connectivity index (χ0n) is 13.3.